The minimum Gasteiger partial charge on any atom is -0.442 e. The average Bonchev–Trinajstić information content (AvgIpc) is 3.30. The van der Waals surface area contributed by atoms with Crippen LogP contribution >= 0.6 is 0 Å². The van der Waals surface area contributed by atoms with Crippen molar-refractivity contribution in [3.8, 4) is 11.3 Å². The van der Waals surface area contributed by atoms with E-state index in [0.29, 0.717) is 30.0 Å². The lowest BCUT2D eigenvalue weighted by Crippen LogP contribution is -2.26. The van der Waals surface area contributed by atoms with Gasteiger partial charge in [0.2, 0.25) is 0 Å². The van der Waals surface area contributed by atoms with E-state index in [-0.39, 0.29) is 6.10 Å². The summed E-state index contributed by atoms with van der Waals surface area (Å²) < 4.78 is 21.3. The van der Waals surface area contributed by atoms with Gasteiger partial charge >= 0.3 is 6.09 Å². The summed E-state index contributed by atoms with van der Waals surface area (Å²) in [5, 5.41) is 15.6. The lowest BCUT2D eigenvalue weighted by atomic mass is 10.1. The first kappa shape index (κ1) is 15.2. The van der Waals surface area contributed by atoms with Gasteiger partial charge < -0.3 is 4.74 Å². The Kier molecular flexibility index (Phi) is 3.64. The van der Waals surface area contributed by atoms with Crippen LogP contribution in [-0.2, 0) is 18.3 Å². The van der Waals surface area contributed by atoms with E-state index in [4.69, 9.17) is 4.74 Å². The van der Waals surface area contributed by atoms with Crippen LogP contribution in [0, 0.1) is 5.82 Å². The highest BCUT2D eigenvalue weighted by atomic mass is 19.1. The maximum Gasteiger partial charge on any atom is 0.414 e. The van der Waals surface area contributed by atoms with E-state index in [1.54, 1.807) is 36.3 Å². The molecule has 0 radical (unpaired) electrons. The maximum absolute atomic E-state index is 14.4. The Bertz CT molecular complexity index is 909. The van der Waals surface area contributed by atoms with Crippen LogP contribution in [0.5, 0.6) is 0 Å². The zero-order valence-electron chi connectivity index (χ0n) is 13.3. The Balaban J connectivity index is 1.53. The Morgan fingerprint density at radius 1 is 1.40 bits per heavy atom. The van der Waals surface area contributed by atoms with Crippen LogP contribution < -0.4 is 4.90 Å². The third-order valence-corrected chi connectivity index (χ3v) is 3.88. The van der Waals surface area contributed by atoms with Gasteiger partial charge in [-0.2, -0.15) is 15.0 Å². The second kappa shape index (κ2) is 5.96. The van der Waals surface area contributed by atoms with Crippen LogP contribution in [0.25, 0.3) is 11.3 Å². The van der Waals surface area contributed by atoms with E-state index in [2.05, 4.69) is 20.5 Å². The molecular formula is C15H14FN7O2. The fourth-order valence-electron chi connectivity index (χ4n) is 2.72. The van der Waals surface area contributed by atoms with Gasteiger partial charge in [-0.25, -0.2) is 13.9 Å². The molecule has 1 fully saturated rings. The number of carbonyl (C=O) groups is 1. The highest BCUT2D eigenvalue weighted by molar-refractivity contribution is 5.90. The molecule has 0 aliphatic carbocycles. The van der Waals surface area contributed by atoms with Crippen LogP contribution in [0.3, 0.4) is 0 Å². The van der Waals surface area contributed by atoms with Crippen molar-refractivity contribution in [1.82, 2.24) is 30.0 Å². The van der Waals surface area contributed by atoms with Gasteiger partial charge in [0, 0.05) is 18.8 Å². The highest BCUT2D eigenvalue weighted by Gasteiger charge is 2.33. The molecule has 10 heteroatoms. The lowest BCUT2D eigenvalue weighted by molar-refractivity contribution is 0.129. The Hall–Kier alpha value is -3.30. The smallest absolute Gasteiger partial charge is 0.414 e. The largest absolute Gasteiger partial charge is 0.442 e. The number of benzene rings is 1. The highest BCUT2D eigenvalue weighted by Crippen LogP contribution is 2.28. The van der Waals surface area contributed by atoms with Crippen LogP contribution in [0.1, 0.15) is 0 Å². The minimum atomic E-state index is -0.517. The molecule has 4 rings (SSSR count). The Labute approximate surface area is 141 Å². The number of nitrogens with zero attached hydrogens (tertiary/aromatic N) is 7. The number of aryl methyl sites for hydroxylation is 1. The summed E-state index contributed by atoms with van der Waals surface area (Å²) in [4.78, 5) is 14.8. The summed E-state index contributed by atoms with van der Waals surface area (Å²) in [7, 11) is 1.66. The summed E-state index contributed by atoms with van der Waals surface area (Å²) in [6.45, 7) is 0.699. The summed E-state index contributed by atoms with van der Waals surface area (Å²) in [6.07, 6.45) is 3.82. The molecule has 25 heavy (non-hydrogen) atoms. The molecule has 1 aliphatic rings. The van der Waals surface area contributed by atoms with E-state index in [1.807, 2.05) is 0 Å². The lowest BCUT2D eigenvalue weighted by Gasteiger charge is -2.14. The number of anilines is 1. The van der Waals surface area contributed by atoms with Gasteiger partial charge in [-0.05, 0) is 18.2 Å². The van der Waals surface area contributed by atoms with Gasteiger partial charge in [0.05, 0.1) is 31.2 Å². The van der Waals surface area contributed by atoms with Crippen LogP contribution in [0.15, 0.2) is 36.8 Å². The predicted octanol–water partition coefficient (Wildman–Crippen LogP) is 1.24. The number of ether oxygens (including phenoxy) is 1. The zero-order chi connectivity index (χ0) is 17.4. The quantitative estimate of drug-likeness (QED) is 0.708. The normalized spacial score (nSPS) is 17.1. The van der Waals surface area contributed by atoms with Gasteiger partial charge in [-0.1, -0.05) is 5.21 Å². The zero-order valence-corrected chi connectivity index (χ0v) is 13.3. The summed E-state index contributed by atoms with van der Waals surface area (Å²) >= 11 is 0. The number of hydrogen-bond donors (Lipinski definition) is 0. The number of cyclic esters (lactones) is 1. The molecular weight excluding hydrogens is 329 g/mol. The van der Waals surface area contributed by atoms with E-state index < -0.39 is 11.9 Å². The van der Waals surface area contributed by atoms with Crippen molar-refractivity contribution in [1.29, 1.82) is 0 Å². The molecule has 3 aromatic rings. The van der Waals surface area contributed by atoms with Gasteiger partial charge in [0.15, 0.2) is 0 Å². The molecule has 1 atom stereocenters. The molecule has 128 valence electrons. The van der Waals surface area contributed by atoms with Crippen molar-refractivity contribution in [2.75, 3.05) is 11.4 Å². The Morgan fingerprint density at radius 2 is 2.28 bits per heavy atom. The van der Waals surface area contributed by atoms with Crippen LogP contribution in [0.2, 0.25) is 0 Å². The van der Waals surface area contributed by atoms with Gasteiger partial charge in [-0.15, -0.1) is 5.10 Å². The van der Waals surface area contributed by atoms with Crippen molar-refractivity contribution in [2.45, 2.75) is 12.6 Å². The number of carbonyl (C=O) groups excluding carboxylic acids is 1. The van der Waals surface area contributed by atoms with Gasteiger partial charge in [0.25, 0.3) is 0 Å². The predicted molar refractivity (Wildman–Crippen MR) is 84.0 cm³/mol. The van der Waals surface area contributed by atoms with Gasteiger partial charge in [0.1, 0.15) is 17.6 Å². The fourth-order valence-corrected chi connectivity index (χ4v) is 2.72. The second-order valence-corrected chi connectivity index (χ2v) is 5.62. The molecule has 1 saturated heterocycles. The molecule has 9 nitrogen and oxygen atoms in total. The molecule has 0 bridgehead atoms. The summed E-state index contributed by atoms with van der Waals surface area (Å²) in [6, 6.07) is 4.53. The third-order valence-electron chi connectivity index (χ3n) is 3.88. The molecule has 0 unspecified atom stereocenters. The summed E-state index contributed by atoms with van der Waals surface area (Å²) in [5.41, 5.74) is 1.18. The van der Waals surface area contributed by atoms with Crippen molar-refractivity contribution in [3.63, 3.8) is 0 Å². The standard InChI is InChI=1S/C15H14FN7O2/c1-21-18-7-14(19-21)12-3-2-10(6-13(12)16)23-9-11(25-15(23)24)8-22-5-4-17-20-22/h2-7,11H,8-9H2,1H3/t11-/m0/s1. The van der Waals surface area contributed by atoms with E-state index in [1.165, 1.54) is 22.0 Å². The number of amides is 1. The van der Waals surface area contributed by atoms with Crippen molar-refractivity contribution in [3.05, 3.63) is 42.6 Å². The SMILES string of the molecule is Cn1ncc(-c2ccc(N3C[C@H](Cn4ccnn4)OC3=O)cc2F)n1. The van der Waals surface area contributed by atoms with Crippen LogP contribution in [0.4, 0.5) is 14.9 Å². The molecule has 2 aromatic heterocycles. The molecule has 0 N–H and O–H groups in total. The van der Waals surface area contributed by atoms with Gasteiger partial charge in [-0.3, -0.25) is 4.90 Å². The molecule has 1 aliphatic heterocycles. The van der Waals surface area contributed by atoms with E-state index in [0.717, 1.165) is 0 Å². The first-order valence-electron chi connectivity index (χ1n) is 7.58. The van der Waals surface area contributed by atoms with Crippen molar-refractivity contribution < 1.29 is 13.9 Å². The number of rotatable bonds is 4. The van der Waals surface area contributed by atoms with E-state index >= 15 is 0 Å². The van der Waals surface area contributed by atoms with Crippen molar-refractivity contribution in [2.24, 2.45) is 7.05 Å². The van der Waals surface area contributed by atoms with E-state index in [9.17, 15) is 9.18 Å². The van der Waals surface area contributed by atoms with Crippen LogP contribution in [-0.4, -0.2) is 48.7 Å². The number of halogens is 1. The Morgan fingerprint density at radius 3 is 2.96 bits per heavy atom. The maximum atomic E-state index is 14.4. The average molecular weight is 343 g/mol. The molecule has 0 saturated carbocycles. The third kappa shape index (κ3) is 2.93. The minimum absolute atomic E-state index is 0.308. The molecule has 1 aromatic carbocycles. The fraction of sp³-hybridized carbons (Fsp3) is 0.267. The molecule has 1 amide bonds. The molecule has 0 spiro atoms. The first-order chi connectivity index (χ1) is 12.1. The number of aromatic nitrogens is 6. The molecule has 3 heterocycles. The first-order valence-corrected chi connectivity index (χ1v) is 7.58. The second-order valence-electron chi connectivity index (χ2n) is 5.62. The topological polar surface area (TPSA) is 91.0 Å². The number of hydrogen-bond acceptors (Lipinski definition) is 6. The summed E-state index contributed by atoms with van der Waals surface area (Å²) in [5.74, 6) is -0.481. The monoisotopic (exact) mass is 343 g/mol. The van der Waals surface area contributed by atoms with Crippen molar-refractivity contribution >= 4 is 11.8 Å².